The molecule has 1 rings (SSSR count). The van der Waals surface area contributed by atoms with Crippen molar-refractivity contribution in [2.75, 3.05) is 0 Å². The highest BCUT2D eigenvalue weighted by molar-refractivity contribution is 5.66. The molecule has 18 heavy (non-hydrogen) atoms. The average molecular weight is 254 g/mol. The van der Waals surface area contributed by atoms with Crippen molar-refractivity contribution >= 4 is 5.97 Å². The lowest BCUT2D eigenvalue weighted by Crippen LogP contribution is -2.31. The van der Waals surface area contributed by atoms with Gasteiger partial charge in [-0.2, -0.15) is 0 Å². The van der Waals surface area contributed by atoms with E-state index in [0.717, 1.165) is 24.2 Å². The number of esters is 1. The van der Waals surface area contributed by atoms with E-state index < -0.39 is 0 Å². The van der Waals surface area contributed by atoms with Gasteiger partial charge in [-0.3, -0.25) is 4.79 Å². The summed E-state index contributed by atoms with van der Waals surface area (Å²) < 4.78 is 5.23. The van der Waals surface area contributed by atoms with Crippen LogP contribution in [0, 0.1) is 23.2 Å². The van der Waals surface area contributed by atoms with Crippen LogP contribution in [0.25, 0.3) is 0 Å². The molecule has 0 amide bonds. The number of hydrogen-bond acceptors (Lipinski definition) is 2. The van der Waals surface area contributed by atoms with Crippen molar-refractivity contribution in [2.45, 2.75) is 73.3 Å². The molecule has 1 saturated carbocycles. The minimum atomic E-state index is -0.159. The predicted molar refractivity (Wildman–Crippen MR) is 75.3 cm³/mol. The number of ether oxygens (including phenoxy) is 1. The second-order valence-electron chi connectivity index (χ2n) is 6.78. The lowest BCUT2D eigenvalue weighted by molar-refractivity contribution is -0.146. The summed E-state index contributed by atoms with van der Waals surface area (Å²) in [6.07, 6.45) is 4.94. The van der Waals surface area contributed by atoms with Gasteiger partial charge in [-0.1, -0.05) is 27.7 Å². The minimum Gasteiger partial charge on any atom is -0.463 e. The van der Waals surface area contributed by atoms with E-state index in [4.69, 9.17) is 4.74 Å². The maximum Gasteiger partial charge on any atom is 0.302 e. The van der Waals surface area contributed by atoms with Gasteiger partial charge >= 0.3 is 5.97 Å². The third-order valence-corrected chi connectivity index (χ3v) is 5.24. The second-order valence-corrected chi connectivity index (χ2v) is 6.78. The lowest BCUT2D eigenvalue weighted by atomic mass is 9.68. The van der Waals surface area contributed by atoms with E-state index in [1.165, 1.54) is 26.2 Å². The molecule has 4 atom stereocenters. The summed E-state index contributed by atoms with van der Waals surface area (Å²) >= 11 is 0. The molecule has 106 valence electrons. The highest BCUT2D eigenvalue weighted by Gasteiger charge is 2.44. The van der Waals surface area contributed by atoms with Crippen LogP contribution in [0.1, 0.15) is 67.2 Å². The third kappa shape index (κ3) is 3.49. The van der Waals surface area contributed by atoms with Gasteiger partial charge in [0.05, 0.1) is 6.10 Å². The topological polar surface area (TPSA) is 26.3 Å². The monoisotopic (exact) mass is 254 g/mol. The first-order valence-corrected chi connectivity index (χ1v) is 7.44. The van der Waals surface area contributed by atoms with E-state index in [1.54, 1.807) is 0 Å². The van der Waals surface area contributed by atoms with Gasteiger partial charge in [0, 0.05) is 6.92 Å². The fourth-order valence-corrected chi connectivity index (χ4v) is 3.66. The van der Waals surface area contributed by atoms with Gasteiger partial charge < -0.3 is 4.74 Å². The van der Waals surface area contributed by atoms with E-state index >= 15 is 0 Å². The molecule has 2 nitrogen and oxygen atoms in total. The summed E-state index contributed by atoms with van der Waals surface area (Å²) in [5, 5.41) is 0. The Bertz CT molecular complexity index is 285. The Morgan fingerprint density at radius 3 is 2.50 bits per heavy atom. The van der Waals surface area contributed by atoms with Crippen LogP contribution in [0.4, 0.5) is 0 Å². The quantitative estimate of drug-likeness (QED) is 0.679. The molecule has 1 fully saturated rings. The Hall–Kier alpha value is -0.530. The molecule has 1 aliphatic carbocycles. The van der Waals surface area contributed by atoms with Crippen molar-refractivity contribution in [3.8, 4) is 0 Å². The van der Waals surface area contributed by atoms with Crippen LogP contribution in [0.3, 0.4) is 0 Å². The van der Waals surface area contributed by atoms with Crippen LogP contribution in [-0.4, -0.2) is 12.1 Å². The summed E-state index contributed by atoms with van der Waals surface area (Å²) in [5.74, 6) is 2.16. The molecule has 2 heteroatoms. The average Bonchev–Trinajstić information content (AvgIpc) is 2.53. The Labute approximate surface area is 112 Å². The first-order chi connectivity index (χ1) is 8.27. The second kappa shape index (κ2) is 6.08. The van der Waals surface area contributed by atoms with E-state index in [9.17, 15) is 4.79 Å². The molecule has 0 spiro atoms. The SMILES string of the molecule is CC(=O)O[C@H](C)CC[C@@H]1[C@@H](C)CC[C@]1(C)C(C)C. The number of carbonyl (C=O) groups excluding carboxylic acids is 1. The Morgan fingerprint density at radius 2 is 2.00 bits per heavy atom. The summed E-state index contributed by atoms with van der Waals surface area (Å²) in [6, 6.07) is 0. The first kappa shape index (κ1) is 15.5. The zero-order valence-electron chi connectivity index (χ0n) is 13.0. The minimum absolute atomic E-state index is 0.0618. The molecule has 0 aromatic heterocycles. The Morgan fingerprint density at radius 1 is 1.39 bits per heavy atom. The van der Waals surface area contributed by atoms with E-state index in [2.05, 4.69) is 27.7 Å². The maximum absolute atomic E-state index is 10.9. The predicted octanol–water partition coefficient (Wildman–Crippen LogP) is 4.43. The summed E-state index contributed by atoms with van der Waals surface area (Å²) in [4.78, 5) is 10.9. The molecule has 0 heterocycles. The van der Waals surface area contributed by atoms with Crippen LogP contribution in [0.2, 0.25) is 0 Å². The first-order valence-electron chi connectivity index (χ1n) is 7.44. The van der Waals surface area contributed by atoms with Crippen LogP contribution in [0.5, 0.6) is 0 Å². The summed E-state index contributed by atoms with van der Waals surface area (Å²) in [6.45, 7) is 13.0. The number of rotatable bonds is 5. The fourth-order valence-electron chi connectivity index (χ4n) is 3.66. The van der Waals surface area contributed by atoms with Crippen molar-refractivity contribution in [3.63, 3.8) is 0 Å². The van der Waals surface area contributed by atoms with Crippen molar-refractivity contribution in [3.05, 3.63) is 0 Å². The highest BCUT2D eigenvalue weighted by atomic mass is 16.5. The lowest BCUT2D eigenvalue weighted by Gasteiger charge is -2.38. The number of carbonyl (C=O) groups is 1. The summed E-state index contributed by atoms with van der Waals surface area (Å²) in [5.41, 5.74) is 0.468. The van der Waals surface area contributed by atoms with E-state index in [-0.39, 0.29) is 12.1 Å². The Balaban J connectivity index is 2.55. The van der Waals surface area contributed by atoms with Crippen molar-refractivity contribution in [1.82, 2.24) is 0 Å². The fraction of sp³-hybridized carbons (Fsp3) is 0.938. The highest BCUT2D eigenvalue weighted by Crippen LogP contribution is 2.53. The maximum atomic E-state index is 10.9. The van der Waals surface area contributed by atoms with E-state index in [1.807, 2.05) is 6.92 Å². The molecule has 0 N–H and O–H groups in total. The molecule has 0 aromatic rings. The summed E-state index contributed by atoms with van der Waals surface area (Å²) in [7, 11) is 0. The van der Waals surface area contributed by atoms with Gasteiger partial charge in [-0.25, -0.2) is 0 Å². The largest absolute Gasteiger partial charge is 0.463 e. The molecule has 0 saturated heterocycles. The van der Waals surface area contributed by atoms with Gasteiger partial charge in [0.25, 0.3) is 0 Å². The van der Waals surface area contributed by atoms with Gasteiger partial charge in [-0.15, -0.1) is 0 Å². The van der Waals surface area contributed by atoms with Crippen LogP contribution >= 0.6 is 0 Å². The molecule has 0 unspecified atom stereocenters. The third-order valence-electron chi connectivity index (χ3n) is 5.24. The normalized spacial score (nSPS) is 33.7. The molecule has 1 aliphatic rings. The zero-order valence-corrected chi connectivity index (χ0v) is 13.0. The van der Waals surface area contributed by atoms with E-state index in [0.29, 0.717) is 5.41 Å². The van der Waals surface area contributed by atoms with Gasteiger partial charge in [-0.05, 0) is 55.8 Å². The van der Waals surface area contributed by atoms with Crippen molar-refractivity contribution in [2.24, 2.45) is 23.2 Å². The van der Waals surface area contributed by atoms with Crippen molar-refractivity contribution in [1.29, 1.82) is 0 Å². The molecular weight excluding hydrogens is 224 g/mol. The molecule has 0 aromatic carbocycles. The Kier molecular flexibility index (Phi) is 5.24. The molecule has 0 aliphatic heterocycles. The van der Waals surface area contributed by atoms with Crippen molar-refractivity contribution < 1.29 is 9.53 Å². The van der Waals surface area contributed by atoms with Gasteiger partial charge in [0.2, 0.25) is 0 Å². The standard InChI is InChI=1S/C16H30O2/c1-11(2)16(6)10-9-12(3)15(16)8-7-13(4)18-14(5)17/h11-13,15H,7-10H2,1-6H3/t12-,13+,15+,16+/m0/s1. The zero-order chi connectivity index (χ0) is 13.9. The molecule has 0 radical (unpaired) electrons. The number of hydrogen-bond donors (Lipinski definition) is 0. The molecular formula is C16H30O2. The van der Waals surface area contributed by atoms with Gasteiger partial charge in [0.15, 0.2) is 0 Å². The van der Waals surface area contributed by atoms with Crippen LogP contribution in [0.15, 0.2) is 0 Å². The van der Waals surface area contributed by atoms with Gasteiger partial charge in [0.1, 0.15) is 0 Å². The molecule has 0 bridgehead atoms. The van der Waals surface area contributed by atoms with Crippen LogP contribution < -0.4 is 0 Å². The van der Waals surface area contributed by atoms with Crippen LogP contribution in [-0.2, 0) is 9.53 Å². The smallest absolute Gasteiger partial charge is 0.302 e.